The molecule has 6 heteroatoms. The number of rotatable bonds is 7. The summed E-state index contributed by atoms with van der Waals surface area (Å²) in [7, 11) is 0. The SMILES string of the molecule is CCC[C@H]1C=C[C@]12C(=O)O[C@H](COC(=O)c1ccccc1)[C@H]2OC(=O)c1ccccc1. The highest BCUT2D eigenvalue weighted by molar-refractivity contribution is 5.91. The van der Waals surface area contributed by atoms with E-state index < -0.39 is 35.5 Å². The van der Waals surface area contributed by atoms with E-state index in [2.05, 4.69) is 0 Å². The molecule has 1 aliphatic carbocycles. The fraction of sp³-hybridized carbons (Fsp3) is 0.320. The number of carbonyl (C=O) groups is 3. The van der Waals surface area contributed by atoms with Crippen molar-refractivity contribution in [1.29, 1.82) is 0 Å². The maximum Gasteiger partial charge on any atom is 0.338 e. The number of carbonyl (C=O) groups excluding carboxylic acids is 3. The molecular formula is C25H24O6. The summed E-state index contributed by atoms with van der Waals surface area (Å²) in [5, 5.41) is 0. The Balaban J connectivity index is 1.55. The van der Waals surface area contributed by atoms with Crippen molar-refractivity contribution in [3.63, 3.8) is 0 Å². The average molecular weight is 420 g/mol. The Labute approximate surface area is 180 Å². The summed E-state index contributed by atoms with van der Waals surface area (Å²) in [4.78, 5) is 38.1. The van der Waals surface area contributed by atoms with Crippen LogP contribution in [0, 0.1) is 11.3 Å². The average Bonchev–Trinajstić information content (AvgIpc) is 3.08. The first-order valence-electron chi connectivity index (χ1n) is 10.4. The van der Waals surface area contributed by atoms with Gasteiger partial charge in [-0.2, -0.15) is 0 Å². The Bertz CT molecular complexity index is 984. The fourth-order valence-corrected chi connectivity index (χ4v) is 4.20. The summed E-state index contributed by atoms with van der Waals surface area (Å²) in [6.07, 6.45) is 3.60. The number of cyclic esters (lactones) is 1. The Morgan fingerprint density at radius 2 is 1.58 bits per heavy atom. The van der Waals surface area contributed by atoms with Crippen LogP contribution in [0.15, 0.2) is 72.8 Å². The second kappa shape index (κ2) is 8.76. The zero-order valence-corrected chi connectivity index (χ0v) is 17.2. The van der Waals surface area contributed by atoms with Crippen LogP contribution in [0.3, 0.4) is 0 Å². The maximum atomic E-state index is 12.9. The van der Waals surface area contributed by atoms with Crippen LogP contribution in [0.1, 0.15) is 40.5 Å². The lowest BCUT2D eigenvalue weighted by atomic mass is 9.62. The van der Waals surface area contributed by atoms with Crippen molar-refractivity contribution >= 4 is 17.9 Å². The monoisotopic (exact) mass is 420 g/mol. The smallest absolute Gasteiger partial charge is 0.338 e. The van der Waals surface area contributed by atoms with Gasteiger partial charge in [-0.3, -0.25) is 4.79 Å². The van der Waals surface area contributed by atoms with Gasteiger partial charge in [-0.1, -0.05) is 61.9 Å². The number of hydrogen-bond acceptors (Lipinski definition) is 6. The van der Waals surface area contributed by atoms with Gasteiger partial charge < -0.3 is 14.2 Å². The molecule has 0 bridgehead atoms. The largest absolute Gasteiger partial charge is 0.458 e. The van der Waals surface area contributed by atoms with Crippen molar-refractivity contribution in [1.82, 2.24) is 0 Å². The van der Waals surface area contributed by atoms with E-state index in [4.69, 9.17) is 14.2 Å². The van der Waals surface area contributed by atoms with Crippen LogP contribution < -0.4 is 0 Å². The van der Waals surface area contributed by atoms with Gasteiger partial charge in [-0.25, -0.2) is 9.59 Å². The molecular weight excluding hydrogens is 396 g/mol. The summed E-state index contributed by atoms with van der Waals surface area (Å²) in [6, 6.07) is 17.1. The third-order valence-electron chi connectivity index (χ3n) is 5.87. The molecule has 0 unspecified atom stereocenters. The Morgan fingerprint density at radius 1 is 0.968 bits per heavy atom. The minimum absolute atomic E-state index is 0.0894. The van der Waals surface area contributed by atoms with E-state index in [0.717, 1.165) is 12.8 Å². The fourth-order valence-electron chi connectivity index (χ4n) is 4.20. The van der Waals surface area contributed by atoms with Gasteiger partial charge in [0.25, 0.3) is 0 Å². The van der Waals surface area contributed by atoms with E-state index in [0.29, 0.717) is 11.1 Å². The lowest BCUT2D eigenvalue weighted by Gasteiger charge is -2.40. The van der Waals surface area contributed by atoms with Crippen LogP contribution in [-0.4, -0.2) is 36.7 Å². The maximum absolute atomic E-state index is 12.9. The lowest BCUT2D eigenvalue weighted by molar-refractivity contribution is -0.150. The zero-order chi connectivity index (χ0) is 21.8. The summed E-state index contributed by atoms with van der Waals surface area (Å²) in [6.45, 7) is 1.84. The predicted octanol–water partition coefficient (Wildman–Crippen LogP) is 3.97. The molecule has 2 aromatic carbocycles. The Hall–Kier alpha value is -3.41. The molecule has 4 atom stereocenters. The highest BCUT2D eigenvalue weighted by Crippen LogP contribution is 2.52. The molecule has 4 rings (SSSR count). The van der Waals surface area contributed by atoms with Crippen LogP contribution in [0.25, 0.3) is 0 Å². The topological polar surface area (TPSA) is 78.9 Å². The first-order valence-corrected chi connectivity index (χ1v) is 10.4. The van der Waals surface area contributed by atoms with Crippen molar-refractivity contribution in [2.24, 2.45) is 11.3 Å². The third kappa shape index (κ3) is 3.85. The Kier molecular flexibility index (Phi) is 5.89. The molecule has 1 spiro atoms. The number of allylic oxidation sites excluding steroid dienone is 1. The number of benzene rings is 2. The van der Waals surface area contributed by atoms with Crippen molar-refractivity contribution in [3.05, 3.63) is 83.9 Å². The molecule has 0 amide bonds. The molecule has 1 fully saturated rings. The molecule has 160 valence electrons. The predicted molar refractivity (Wildman–Crippen MR) is 112 cm³/mol. The van der Waals surface area contributed by atoms with Crippen molar-refractivity contribution in [2.45, 2.75) is 32.0 Å². The van der Waals surface area contributed by atoms with Gasteiger partial charge in [0.1, 0.15) is 12.0 Å². The van der Waals surface area contributed by atoms with E-state index in [1.165, 1.54) is 0 Å². The van der Waals surface area contributed by atoms with Crippen LogP contribution in [0.2, 0.25) is 0 Å². The molecule has 0 saturated carbocycles. The second-order valence-electron chi connectivity index (χ2n) is 7.79. The molecule has 2 aliphatic rings. The van der Waals surface area contributed by atoms with Crippen LogP contribution in [0.4, 0.5) is 0 Å². The minimum atomic E-state index is -1.04. The quantitative estimate of drug-likeness (QED) is 0.383. The van der Waals surface area contributed by atoms with Gasteiger partial charge in [0.15, 0.2) is 12.2 Å². The van der Waals surface area contributed by atoms with Crippen molar-refractivity contribution < 1.29 is 28.6 Å². The van der Waals surface area contributed by atoms with E-state index in [1.54, 1.807) is 66.7 Å². The van der Waals surface area contributed by atoms with Gasteiger partial charge in [0.05, 0.1) is 11.1 Å². The highest BCUT2D eigenvalue weighted by atomic mass is 16.6. The van der Waals surface area contributed by atoms with Crippen LogP contribution >= 0.6 is 0 Å². The molecule has 1 aliphatic heterocycles. The third-order valence-corrected chi connectivity index (χ3v) is 5.87. The van der Waals surface area contributed by atoms with E-state index in [9.17, 15) is 14.4 Å². The van der Waals surface area contributed by atoms with E-state index >= 15 is 0 Å². The molecule has 0 N–H and O–H groups in total. The molecule has 0 aromatic heterocycles. The normalized spacial score (nSPS) is 26.2. The van der Waals surface area contributed by atoms with E-state index in [-0.39, 0.29) is 12.5 Å². The molecule has 1 heterocycles. The van der Waals surface area contributed by atoms with Gasteiger partial charge in [0.2, 0.25) is 0 Å². The summed E-state index contributed by atoms with van der Waals surface area (Å²) in [5.41, 5.74) is -0.260. The van der Waals surface area contributed by atoms with Gasteiger partial charge >= 0.3 is 17.9 Å². The van der Waals surface area contributed by atoms with Crippen LogP contribution in [-0.2, 0) is 19.0 Å². The first-order chi connectivity index (χ1) is 15.1. The van der Waals surface area contributed by atoms with E-state index in [1.807, 2.05) is 13.0 Å². The zero-order valence-electron chi connectivity index (χ0n) is 17.2. The highest BCUT2D eigenvalue weighted by Gasteiger charge is 2.64. The summed E-state index contributed by atoms with van der Waals surface area (Å²) in [5.74, 6) is -1.60. The number of esters is 3. The second-order valence-corrected chi connectivity index (χ2v) is 7.79. The van der Waals surface area contributed by atoms with Gasteiger partial charge in [-0.05, 0) is 30.7 Å². The summed E-state index contributed by atoms with van der Waals surface area (Å²) < 4.78 is 16.8. The Morgan fingerprint density at radius 3 is 2.13 bits per heavy atom. The molecule has 1 saturated heterocycles. The van der Waals surface area contributed by atoms with Crippen LogP contribution in [0.5, 0.6) is 0 Å². The molecule has 0 radical (unpaired) electrons. The number of hydrogen-bond donors (Lipinski definition) is 0. The standard InChI is InChI=1S/C25H24O6/c1-2-9-19-14-15-25(19)21(31-23(27)18-12-7-4-8-13-18)20(30-24(25)28)16-29-22(26)17-10-5-3-6-11-17/h3-8,10-15,19-21H,2,9,16H2,1H3/t19-,20+,21+,25-/m0/s1. The molecule has 6 nitrogen and oxygen atoms in total. The van der Waals surface area contributed by atoms with Gasteiger partial charge in [0, 0.05) is 5.92 Å². The van der Waals surface area contributed by atoms with Crippen molar-refractivity contribution in [3.8, 4) is 0 Å². The summed E-state index contributed by atoms with van der Waals surface area (Å²) >= 11 is 0. The lowest BCUT2D eigenvalue weighted by Crippen LogP contribution is -2.50. The molecule has 2 aromatic rings. The first kappa shape index (κ1) is 20.8. The minimum Gasteiger partial charge on any atom is -0.458 e. The molecule has 31 heavy (non-hydrogen) atoms. The van der Waals surface area contributed by atoms with Crippen molar-refractivity contribution in [2.75, 3.05) is 6.61 Å². The van der Waals surface area contributed by atoms with Gasteiger partial charge in [-0.15, -0.1) is 0 Å². The number of ether oxygens (including phenoxy) is 3.